The second-order valence-corrected chi connectivity index (χ2v) is 4.49. The molecular weight excluding hydrogens is 231 g/mol. The molecule has 0 saturated heterocycles. The Morgan fingerprint density at radius 3 is 2.29 bits per heavy atom. The Balaban J connectivity index is 2.98. The summed E-state index contributed by atoms with van der Waals surface area (Å²) >= 11 is 0. The fraction of sp³-hybridized carbons (Fsp3) is 0.500. The van der Waals surface area contributed by atoms with Crippen LogP contribution in [0.4, 0.5) is 18.9 Å². The van der Waals surface area contributed by atoms with Gasteiger partial charge in [0, 0.05) is 11.3 Å². The Labute approximate surface area is 98.3 Å². The van der Waals surface area contributed by atoms with Gasteiger partial charge in [0.25, 0.3) is 0 Å². The van der Waals surface area contributed by atoms with E-state index in [2.05, 4.69) is 0 Å². The summed E-state index contributed by atoms with van der Waals surface area (Å²) in [6.07, 6.45) is -4.76. The standard InChI is InChI=1S/C12H16F3NO/c1-7(2)5-11(17)9-4-3-8(6-10(9)16)12(13,14)15/h3-4,6-7,11,17H,5,16H2,1-2H3. The van der Waals surface area contributed by atoms with Crippen LogP contribution in [0.2, 0.25) is 0 Å². The van der Waals surface area contributed by atoms with E-state index in [4.69, 9.17) is 5.73 Å². The lowest BCUT2D eigenvalue weighted by Gasteiger charge is -2.17. The van der Waals surface area contributed by atoms with Crippen molar-refractivity contribution in [1.82, 2.24) is 0 Å². The van der Waals surface area contributed by atoms with E-state index in [9.17, 15) is 18.3 Å². The van der Waals surface area contributed by atoms with Gasteiger partial charge in [-0.15, -0.1) is 0 Å². The average Bonchev–Trinajstić information content (AvgIpc) is 2.14. The van der Waals surface area contributed by atoms with Crippen molar-refractivity contribution < 1.29 is 18.3 Å². The highest BCUT2D eigenvalue weighted by atomic mass is 19.4. The van der Waals surface area contributed by atoms with Gasteiger partial charge in [-0.05, 0) is 24.5 Å². The van der Waals surface area contributed by atoms with Crippen LogP contribution in [-0.4, -0.2) is 5.11 Å². The first-order chi connectivity index (χ1) is 7.71. The molecule has 1 aromatic carbocycles. The topological polar surface area (TPSA) is 46.2 Å². The fourth-order valence-corrected chi connectivity index (χ4v) is 1.63. The van der Waals surface area contributed by atoms with Crippen LogP contribution in [0.5, 0.6) is 0 Å². The van der Waals surface area contributed by atoms with Crippen LogP contribution in [0.3, 0.4) is 0 Å². The van der Waals surface area contributed by atoms with Crippen LogP contribution in [0, 0.1) is 5.92 Å². The smallest absolute Gasteiger partial charge is 0.398 e. The van der Waals surface area contributed by atoms with Crippen molar-refractivity contribution in [3.8, 4) is 0 Å². The van der Waals surface area contributed by atoms with Gasteiger partial charge >= 0.3 is 6.18 Å². The summed E-state index contributed by atoms with van der Waals surface area (Å²) in [4.78, 5) is 0. The zero-order valence-electron chi connectivity index (χ0n) is 9.75. The van der Waals surface area contributed by atoms with E-state index < -0.39 is 17.8 Å². The van der Waals surface area contributed by atoms with Crippen molar-refractivity contribution in [3.05, 3.63) is 29.3 Å². The predicted octanol–water partition coefficient (Wildman–Crippen LogP) is 3.37. The van der Waals surface area contributed by atoms with Crippen LogP contribution in [0.15, 0.2) is 18.2 Å². The maximum Gasteiger partial charge on any atom is 0.416 e. The maximum absolute atomic E-state index is 12.4. The number of aliphatic hydroxyl groups excluding tert-OH is 1. The van der Waals surface area contributed by atoms with Gasteiger partial charge in [0.05, 0.1) is 11.7 Å². The molecular formula is C12H16F3NO. The zero-order chi connectivity index (χ0) is 13.2. The molecule has 5 heteroatoms. The van der Waals surface area contributed by atoms with Gasteiger partial charge in [-0.2, -0.15) is 13.2 Å². The summed E-state index contributed by atoms with van der Waals surface area (Å²) in [5, 5.41) is 9.80. The van der Waals surface area contributed by atoms with Crippen molar-refractivity contribution in [1.29, 1.82) is 0 Å². The second kappa shape index (κ2) is 4.96. The van der Waals surface area contributed by atoms with E-state index in [-0.39, 0.29) is 11.6 Å². The van der Waals surface area contributed by atoms with E-state index in [0.29, 0.717) is 12.0 Å². The van der Waals surface area contributed by atoms with Crippen molar-refractivity contribution >= 4 is 5.69 Å². The lowest BCUT2D eigenvalue weighted by atomic mass is 9.97. The molecule has 0 heterocycles. The van der Waals surface area contributed by atoms with Crippen molar-refractivity contribution in [2.75, 3.05) is 5.73 Å². The SMILES string of the molecule is CC(C)CC(O)c1ccc(C(F)(F)F)cc1N. The molecule has 1 unspecified atom stereocenters. The molecule has 1 rings (SSSR count). The summed E-state index contributed by atoms with van der Waals surface area (Å²) in [7, 11) is 0. The van der Waals surface area contributed by atoms with Gasteiger partial charge in [0.1, 0.15) is 0 Å². The summed E-state index contributed by atoms with van der Waals surface area (Å²) in [6.45, 7) is 3.84. The highest BCUT2D eigenvalue weighted by molar-refractivity contribution is 5.51. The number of hydrogen-bond acceptors (Lipinski definition) is 2. The van der Waals surface area contributed by atoms with Gasteiger partial charge in [-0.3, -0.25) is 0 Å². The molecule has 1 aromatic rings. The number of rotatable bonds is 3. The highest BCUT2D eigenvalue weighted by Gasteiger charge is 2.31. The number of anilines is 1. The number of aliphatic hydroxyl groups is 1. The largest absolute Gasteiger partial charge is 0.416 e. The minimum absolute atomic E-state index is 0.0204. The lowest BCUT2D eigenvalue weighted by Crippen LogP contribution is -2.09. The first-order valence-electron chi connectivity index (χ1n) is 5.36. The van der Waals surface area contributed by atoms with Crippen molar-refractivity contribution in [3.63, 3.8) is 0 Å². The summed E-state index contributed by atoms with van der Waals surface area (Å²) < 4.78 is 37.2. The fourth-order valence-electron chi connectivity index (χ4n) is 1.63. The molecule has 0 aliphatic heterocycles. The van der Waals surface area contributed by atoms with Gasteiger partial charge in [-0.25, -0.2) is 0 Å². The quantitative estimate of drug-likeness (QED) is 0.804. The minimum Gasteiger partial charge on any atom is -0.398 e. The zero-order valence-corrected chi connectivity index (χ0v) is 9.75. The summed E-state index contributed by atoms with van der Waals surface area (Å²) in [5.41, 5.74) is 5.07. The van der Waals surface area contributed by atoms with Crippen molar-refractivity contribution in [2.24, 2.45) is 5.92 Å². The second-order valence-electron chi connectivity index (χ2n) is 4.49. The number of alkyl halides is 3. The summed E-state index contributed by atoms with van der Waals surface area (Å²) in [5.74, 6) is 0.242. The Morgan fingerprint density at radius 2 is 1.88 bits per heavy atom. The average molecular weight is 247 g/mol. The third-order valence-electron chi connectivity index (χ3n) is 2.47. The molecule has 0 spiro atoms. The molecule has 3 N–H and O–H groups in total. The molecule has 0 fully saturated rings. The summed E-state index contributed by atoms with van der Waals surface area (Å²) in [6, 6.07) is 3.04. The van der Waals surface area contributed by atoms with Gasteiger partial charge in [0.15, 0.2) is 0 Å². The number of hydrogen-bond donors (Lipinski definition) is 2. The first kappa shape index (κ1) is 13.8. The Bertz CT molecular complexity index is 388. The van der Waals surface area contributed by atoms with Crippen LogP contribution in [0.1, 0.15) is 37.5 Å². The molecule has 17 heavy (non-hydrogen) atoms. The van der Waals surface area contributed by atoms with Gasteiger partial charge in [0.2, 0.25) is 0 Å². The van der Waals surface area contributed by atoms with Crippen LogP contribution in [-0.2, 0) is 6.18 Å². The molecule has 0 amide bonds. The Morgan fingerprint density at radius 1 is 1.29 bits per heavy atom. The molecule has 0 aromatic heterocycles. The van der Waals surface area contributed by atoms with Crippen LogP contribution < -0.4 is 5.73 Å². The Kier molecular flexibility index (Phi) is 4.03. The number of nitrogen functional groups attached to an aromatic ring is 1. The molecule has 0 saturated carbocycles. The number of nitrogens with two attached hydrogens (primary N) is 1. The van der Waals surface area contributed by atoms with E-state index in [1.807, 2.05) is 13.8 Å². The molecule has 2 nitrogen and oxygen atoms in total. The maximum atomic E-state index is 12.4. The molecule has 0 bridgehead atoms. The first-order valence-corrected chi connectivity index (χ1v) is 5.36. The third-order valence-corrected chi connectivity index (χ3v) is 2.47. The minimum atomic E-state index is -4.41. The van der Waals surface area contributed by atoms with Crippen molar-refractivity contribution in [2.45, 2.75) is 32.5 Å². The van der Waals surface area contributed by atoms with Gasteiger partial charge < -0.3 is 10.8 Å². The number of halogens is 3. The Hall–Kier alpha value is -1.23. The van der Waals surface area contributed by atoms with E-state index in [1.54, 1.807) is 0 Å². The van der Waals surface area contributed by atoms with Gasteiger partial charge in [-0.1, -0.05) is 19.9 Å². The molecule has 0 radical (unpaired) electrons. The third kappa shape index (κ3) is 3.63. The monoisotopic (exact) mass is 247 g/mol. The molecule has 96 valence electrons. The van der Waals surface area contributed by atoms with Crippen LogP contribution >= 0.6 is 0 Å². The number of benzene rings is 1. The molecule has 1 atom stereocenters. The van der Waals surface area contributed by atoms with E-state index in [1.165, 1.54) is 6.07 Å². The highest BCUT2D eigenvalue weighted by Crippen LogP contribution is 2.34. The lowest BCUT2D eigenvalue weighted by molar-refractivity contribution is -0.137. The van der Waals surface area contributed by atoms with Crippen LogP contribution in [0.25, 0.3) is 0 Å². The predicted molar refractivity (Wildman–Crippen MR) is 60.3 cm³/mol. The van der Waals surface area contributed by atoms with E-state index >= 15 is 0 Å². The normalized spacial score (nSPS) is 14.1. The molecule has 0 aliphatic carbocycles. The molecule has 0 aliphatic rings. The van der Waals surface area contributed by atoms with E-state index in [0.717, 1.165) is 12.1 Å².